The molecule has 0 saturated carbocycles. The Morgan fingerprint density at radius 3 is 2.78 bits per heavy atom. The molecule has 18 heavy (non-hydrogen) atoms. The van der Waals surface area contributed by atoms with Gasteiger partial charge in [0.05, 0.1) is 0 Å². The van der Waals surface area contributed by atoms with Gasteiger partial charge in [0, 0.05) is 24.8 Å². The first kappa shape index (κ1) is 12.6. The first-order chi connectivity index (χ1) is 8.58. The third-order valence-corrected chi connectivity index (χ3v) is 3.59. The number of hydrogen-bond donors (Lipinski definition) is 2. The Kier molecular flexibility index (Phi) is 3.67. The van der Waals surface area contributed by atoms with E-state index in [1.54, 1.807) is 11.3 Å². The van der Waals surface area contributed by atoms with E-state index in [4.69, 9.17) is 11.1 Å². The van der Waals surface area contributed by atoms with Crippen LogP contribution in [0.4, 0.5) is 5.69 Å². The number of hydrogen-bond acceptors (Lipinski definition) is 3. The second-order valence-electron chi connectivity index (χ2n) is 4.42. The van der Waals surface area contributed by atoms with E-state index in [1.165, 1.54) is 11.1 Å². The van der Waals surface area contributed by atoms with Crippen LogP contribution in [-0.4, -0.2) is 12.9 Å². The van der Waals surface area contributed by atoms with Gasteiger partial charge in [0.15, 0.2) is 0 Å². The van der Waals surface area contributed by atoms with Gasteiger partial charge in [0.1, 0.15) is 5.84 Å². The summed E-state index contributed by atoms with van der Waals surface area (Å²) >= 11 is 1.70. The zero-order valence-corrected chi connectivity index (χ0v) is 11.4. The van der Waals surface area contributed by atoms with Crippen molar-refractivity contribution in [1.29, 1.82) is 5.41 Å². The number of nitrogens with zero attached hydrogens (tertiary/aromatic N) is 1. The van der Waals surface area contributed by atoms with E-state index in [-0.39, 0.29) is 5.84 Å². The van der Waals surface area contributed by atoms with Crippen LogP contribution in [0.15, 0.2) is 35.0 Å². The summed E-state index contributed by atoms with van der Waals surface area (Å²) < 4.78 is 0. The van der Waals surface area contributed by atoms with Crippen molar-refractivity contribution in [3.8, 4) is 0 Å². The van der Waals surface area contributed by atoms with Crippen molar-refractivity contribution < 1.29 is 0 Å². The van der Waals surface area contributed by atoms with Crippen LogP contribution >= 0.6 is 11.3 Å². The summed E-state index contributed by atoms with van der Waals surface area (Å²) in [5.74, 6) is 0.113. The Balaban J connectivity index is 2.31. The third kappa shape index (κ3) is 2.71. The van der Waals surface area contributed by atoms with Gasteiger partial charge in [-0.3, -0.25) is 5.41 Å². The van der Waals surface area contributed by atoms with Crippen LogP contribution in [0.3, 0.4) is 0 Å². The fraction of sp³-hybridized carbons (Fsp3) is 0.214. The van der Waals surface area contributed by atoms with Crippen molar-refractivity contribution >= 4 is 22.9 Å². The number of nitrogen functional groups attached to an aromatic ring is 1. The van der Waals surface area contributed by atoms with E-state index in [1.807, 2.05) is 26.1 Å². The van der Waals surface area contributed by atoms with Crippen LogP contribution in [0.1, 0.15) is 16.7 Å². The van der Waals surface area contributed by atoms with Gasteiger partial charge in [-0.05, 0) is 47.0 Å². The highest BCUT2D eigenvalue weighted by molar-refractivity contribution is 7.07. The number of aryl methyl sites for hydroxylation is 1. The number of amidine groups is 1. The summed E-state index contributed by atoms with van der Waals surface area (Å²) in [6, 6.07) is 8.09. The Morgan fingerprint density at radius 2 is 2.17 bits per heavy atom. The Bertz CT molecular complexity index is 546. The number of rotatable bonds is 4. The number of benzene rings is 1. The predicted octanol–water partition coefficient (Wildman–Crippen LogP) is 2.98. The Hall–Kier alpha value is -1.81. The molecule has 0 spiro atoms. The lowest BCUT2D eigenvalue weighted by atomic mass is 10.1. The molecule has 1 heterocycles. The molecular formula is C14H17N3S. The third-order valence-electron chi connectivity index (χ3n) is 2.85. The van der Waals surface area contributed by atoms with Crippen LogP contribution in [0.5, 0.6) is 0 Å². The number of anilines is 1. The summed E-state index contributed by atoms with van der Waals surface area (Å²) in [4.78, 5) is 2.13. The van der Waals surface area contributed by atoms with Crippen molar-refractivity contribution in [2.24, 2.45) is 5.73 Å². The van der Waals surface area contributed by atoms with Gasteiger partial charge in [-0.25, -0.2) is 0 Å². The van der Waals surface area contributed by atoms with Crippen LogP contribution in [0.2, 0.25) is 0 Å². The minimum atomic E-state index is 0.113. The highest BCUT2D eigenvalue weighted by Gasteiger charge is 2.10. The van der Waals surface area contributed by atoms with Crippen LogP contribution < -0.4 is 10.6 Å². The van der Waals surface area contributed by atoms with Gasteiger partial charge in [-0.1, -0.05) is 6.07 Å². The van der Waals surface area contributed by atoms with Gasteiger partial charge in [-0.2, -0.15) is 11.3 Å². The van der Waals surface area contributed by atoms with Crippen molar-refractivity contribution in [2.75, 3.05) is 11.9 Å². The maximum absolute atomic E-state index is 7.64. The molecule has 0 saturated heterocycles. The molecule has 3 nitrogen and oxygen atoms in total. The van der Waals surface area contributed by atoms with Gasteiger partial charge in [0.25, 0.3) is 0 Å². The fourth-order valence-electron chi connectivity index (χ4n) is 1.93. The summed E-state index contributed by atoms with van der Waals surface area (Å²) in [5, 5.41) is 11.9. The first-order valence-corrected chi connectivity index (χ1v) is 6.69. The normalized spacial score (nSPS) is 10.3. The predicted molar refractivity (Wildman–Crippen MR) is 78.6 cm³/mol. The highest BCUT2D eigenvalue weighted by atomic mass is 32.1. The number of nitrogens with one attached hydrogen (secondary N) is 1. The smallest absolute Gasteiger partial charge is 0.124 e. The number of nitrogens with two attached hydrogens (primary N) is 1. The van der Waals surface area contributed by atoms with Crippen LogP contribution in [-0.2, 0) is 6.54 Å². The number of thiophene rings is 1. The van der Waals surface area contributed by atoms with Gasteiger partial charge in [0.2, 0.25) is 0 Å². The molecule has 0 unspecified atom stereocenters. The molecular weight excluding hydrogens is 242 g/mol. The van der Waals surface area contributed by atoms with E-state index in [9.17, 15) is 0 Å². The second-order valence-corrected chi connectivity index (χ2v) is 5.20. The monoisotopic (exact) mass is 259 g/mol. The molecule has 3 N–H and O–H groups in total. The second kappa shape index (κ2) is 5.23. The molecule has 0 amide bonds. The summed E-state index contributed by atoms with van der Waals surface area (Å²) in [6.07, 6.45) is 0. The van der Waals surface area contributed by atoms with Gasteiger partial charge >= 0.3 is 0 Å². The molecule has 2 aromatic rings. The molecule has 4 heteroatoms. The zero-order chi connectivity index (χ0) is 13.1. The lowest BCUT2D eigenvalue weighted by Gasteiger charge is -2.22. The van der Waals surface area contributed by atoms with E-state index >= 15 is 0 Å². The average molecular weight is 259 g/mol. The van der Waals surface area contributed by atoms with E-state index in [0.29, 0.717) is 0 Å². The van der Waals surface area contributed by atoms with E-state index in [2.05, 4.69) is 27.8 Å². The van der Waals surface area contributed by atoms with Gasteiger partial charge in [-0.15, -0.1) is 0 Å². The van der Waals surface area contributed by atoms with Crippen molar-refractivity contribution in [1.82, 2.24) is 0 Å². The molecule has 1 aromatic heterocycles. The lowest BCUT2D eigenvalue weighted by molar-refractivity contribution is 0.924. The zero-order valence-electron chi connectivity index (χ0n) is 10.6. The standard InChI is InChI=1S/C14H17N3S/c1-10-3-4-12(14(15)16)13(7-10)17(2)8-11-5-6-18-9-11/h3-7,9H,8H2,1-2H3,(H3,15,16). The van der Waals surface area contributed by atoms with Crippen LogP contribution in [0.25, 0.3) is 0 Å². The molecule has 0 aliphatic carbocycles. The molecule has 2 rings (SSSR count). The highest BCUT2D eigenvalue weighted by Crippen LogP contribution is 2.23. The summed E-state index contributed by atoms with van der Waals surface area (Å²) in [6.45, 7) is 2.87. The molecule has 0 atom stereocenters. The quantitative estimate of drug-likeness (QED) is 0.655. The lowest BCUT2D eigenvalue weighted by Crippen LogP contribution is -2.22. The molecule has 0 aliphatic rings. The van der Waals surface area contributed by atoms with E-state index < -0.39 is 0 Å². The molecule has 0 radical (unpaired) electrons. The van der Waals surface area contributed by atoms with Crippen molar-refractivity contribution in [2.45, 2.75) is 13.5 Å². The van der Waals surface area contributed by atoms with Crippen molar-refractivity contribution in [3.63, 3.8) is 0 Å². The molecule has 0 aliphatic heterocycles. The average Bonchev–Trinajstić information content (AvgIpc) is 2.81. The SMILES string of the molecule is Cc1ccc(C(=N)N)c(N(C)Cc2ccsc2)c1. The van der Waals surface area contributed by atoms with Crippen LogP contribution in [0, 0.1) is 12.3 Å². The van der Waals surface area contributed by atoms with Crippen molar-refractivity contribution in [3.05, 3.63) is 51.7 Å². The first-order valence-electron chi connectivity index (χ1n) is 5.75. The minimum Gasteiger partial charge on any atom is -0.384 e. The maximum Gasteiger partial charge on any atom is 0.124 e. The Morgan fingerprint density at radius 1 is 1.39 bits per heavy atom. The summed E-state index contributed by atoms with van der Waals surface area (Å²) in [7, 11) is 2.03. The topological polar surface area (TPSA) is 53.1 Å². The Labute approximate surface area is 111 Å². The molecule has 1 aromatic carbocycles. The molecule has 94 valence electrons. The van der Waals surface area contributed by atoms with Gasteiger partial charge < -0.3 is 10.6 Å². The minimum absolute atomic E-state index is 0.113. The molecule has 0 bridgehead atoms. The largest absolute Gasteiger partial charge is 0.384 e. The van der Waals surface area contributed by atoms with E-state index in [0.717, 1.165) is 17.8 Å². The molecule has 0 fully saturated rings. The fourth-order valence-corrected chi connectivity index (χ4v) is 2.59. The maximum atomic E-state index is 7.64. The summed E-state index contributed by atoms with van der Waals surface area (Å²) in [5.41, 5.74) is 9.88.